The van der Waals surface area contributed by atoms with Crippen molar-refractivity contribution in [3.8, 4) is 11.1 Å². The van der Waals surface area contributed by atoms with Gasteiger partial charge in [0.1, 0.15) is 0 Å². The van der Waals surface area contributed by atoms with Gasteiger partial charge in [0.2, 0.25) is 0 Å². The molecule has 80 valence electrons. The number of rotatable bonds is 2. The van der Waals surface area contributed by atoms with Crippen molar-refractivity contribution in [3.63, 3.8) is 0 Å². The van der Waals surface area contributed by atoms with Crippen LogP contribution in [0.1, 0.15) is 5.56 Å². The van der Waals surface area contributed by atoms with Crippen LogP contribution >= 0.6 is 0 Å². The van der Waals surface area contributed by atoms with E-state index >= 15 is 0 Å². The van der Waals surface area contributed by atoms with Gasteiger partial charge < -0.3 is 0 Å². The van der Waals surface area contributed by atoms with Crippen molar-refractivity contribution in [3.05, 3.63) is 66.2 Å². The molecule has 0 N–H and O–H groups in total. The maximum atomic E-state index is 13.0. The van der Waals surface area contributed by atoms with E-state index in [4.69, 9.17) is 0 Å². The van der Waals surface area contributed by atoms with Crippen LogP contribution in [0.2, 0.25) is 0 Å². The summed E-state index contributed by atoms with van der Waals surface area (Å²) < 4.78 is 25.8. The van der Waals surface area contributed by atoms with Gasteiger partial charge in [-0.2, -0.15) is 0 Å². The topological polar surface area (TPSA) is 0 Å². The average Bonchev–Trinajstić information content (AvgIpc) is 2.33. The van der Waals surface area contributed by atoms with Gasteiger partial charge in [0, 0.05) is 0 Å². The largest absolute Gasteiger partial charge is 0.204 e. The maximum absolute atomic E-state index is 13.0. The third-order valence-corrected chi connectivity index (χ3v) is 2.40. The second-order valence-electron chi connectivity index (χ2n) is 3.46. The van der Waals surface area contributed by atoms with Gasteiger partial charge in [-0.1, -0.05) is 43.0 Å². The summed E-state index contributed by atoms with van der Waals surface area (Å²) in [5.41, 5.74) is 2.50. The number of hydrogen-bond acceptors (Lipinski definition) is 0. The van der Waals surface area contributed by atoms with E-state index in [-0.39, 0.29) is 0 Å². The van der Waals surface area contributed by atoms with Crippen LogP contribution in [-0.4, -0.2) is 0 Å². The molecule has 0 bridgehead atoms. The summed E-state index contributed by atoms with van der Waals surface area (Å²) >= 11 is 0. The molecule has 2 aromatic rings. The molecule has 0 saturated heterocycles. The molecule has 0 spiro atoms. The van der Waals surface area contributed by atoms with Crippen LogP contribution in [0.25, 0.3) is 17.2 Å². The number of benzene rings is 2. The van der Waals surface area contributed by atoms with Gasteiger partial charge >= 0.3 is 0 Å². The highest BCUT2D eigenvalue weighted by Gasteiger charge is 2.03. The highest BCUT2D eigenvalue weighted by molar-refractivity contribution is 5.65. The second-order valence-corrected chi connectivity index (χ2v) is 3.46. The van der Waals surface area contributed by atoms with E-state index in [0.29, 0.717) is 5.56 Å². The van der Waals surface area contributed by atoms with Gasteiger partial charge in [-0.15, -0.1) is 0 Å². The quantitative estimate of drug-likeness (QED) is 0.703. The lowest BCUT2D eigenvalue weighted by molar-refractivity contribution is 0.509. The first kappa shape index (κ1) is 10.6. The Labute approximate surface area is 92.9 Å². The molecule has 0 aliphatic heterocycles. The third-order valence-electron chi connectivity index (χ3n) is 2.40. The van der Waals surface area contributed by atoms with E-state index in [1.54, 1.807) is 12.1 Å². The van der Waals surface area contributed by atoms with Crippen molar-refractivity contribution in [1.82, 2.24) is 0 Å². The zero-order valence-corrected chi connectivity index (χ0v) is 8.58. The van der Waals surface area contributed by atoms with Crippen LogP contribution in [0.15, 0.2) is 49.0 Å². The Morgan fingerprint density at radius 3 is 2.00 bits per heavy atom. The lowest BCUT2D eigenvalue weighted by Crippen LogP contribution is -1.85. The van der Waals surface area contributed by atoms with E-state index in [0.717, 1.165) is 17.2 Å². The van der Waals surface area contributed by atoms with Gasteiger partial charge in [0.05, 0.1) is 0 Å². The minimum Gasteiger partial charge on any atom is -0.204 e. The first-order valence-corrected chi connectivity index (χ1v) is 4.88. The molecule has 0 aliphatic carbocycles. The molecule has 0 fully saturated rings. The minimum atomic E-state index is -0.828. The van der Waals surface area contributed by atoms with Gasteiger partial charge in [-0.25, -0.2) is 8.78 Å². The van der Waals surface area contributed by atoms with Gasteiger partial charge in [0.15, 0.2) is 11.6 Å². The Hall–Kier alpha value is -1.96. The molecule has 0 aliphatic rings. The van der Waals surface area contributed by atoms with Crippen molar-refractivity contribution >= 4 is 6.08 Å². The standard InChI is InChI=1S/C14H10F2/c1-2-10-3-5-11(6-4-10)12-7-8-13(15)14(16)9-12/h2-9H,1H2. The highest BCUT2D eigenvalue weighted by Crippen LogP contribution is 2.22. The van der Waals surface area contributed by atoms with E-state index in [1.807, 2.05) is 24.3 Å². The van der Waals surface area contributed by atoms with Gasteiger partial charge in [-0.05, 0) is 28.8 Å². The zero-order valence-electron chi connectivity index (χ0n) is 8.58. The van der Waals surface area contributed by atoms with Crippen molar-refractivity contribution < 1.29 is 8.78 Å². The molecule has 2 heteroatoms. The number of halogens is 2. The summed E-state index contributed by atoms with van der Waals surface area (Å²) in [6.07, 6.45) is 1.73. The summed E-state index contributed by atoms with van der Waals surface area (Å²) in [6, 6.07) is 11.3. The van der Waals surface area contributed by atoms with Crippen molar-refractivity contribution in [2.45, 2.75) is 0 Å². The van der Waals surface area contributed by atoms with E-state index < -0.39 is 11.6 Å². The normalized spacial score (nSPS) is 10.1. The first-order valence-electron chi connectivity index (χ1n) is 4.88. The molecule has 0 heterocycles. The molecule has 2 rings (SSSR count). The SMILES string of the molecule is C=Cc1ccc(-c2ccc(F)c(F)c2)cc1. The molecular weight excluding hydrogens is 206 g/mol. The Bertz CT molecular complexity index is 513. The fraction of sp³-hybridized carbons (Fsp3) is 0. The lowest BCUT2D eigenvalue weighted by Gasteiger charge is -2.03. The molecule has 0 amide bonds. The van der Waals surface area contributed by atoms with Crippen molar-refractivity contribution in [2.24, 2.45) is 0 Å². The van der Waals surface area contributed by atoms with Crippen LogP contribution in [0.5, 0.6) is 0 Å². The molecule has 2 aromatic carbocycles. The predicted octanol–water partition coefficient (Wildman–Crippen LogP) is 4.27. The molecule has 0 unspecified atom stereocenters. The van der Waals surface area contributed by atoms with Crippen LogP contribution in [0, 0.1) is 11.6 Å². The predicted molar refractivity (Wildman–Crippen MR) is 61.9 cm³/mol. The molecule has 0 aromatic heterocycles. The van der Waals surface area contributed by atoms with Crippen LogP contribution in [0.3, 0.4) is 0 Å². The zero-order chi connectivity index (χ0) is 11.5. The number of hydrogen-bond donors (Lipinski definition) is 0. The van der Waals surface area contributed by atoms with E-state index in [2.05, 4.69) is 6.58 Å². The van der Waals surface area contributed by atoms with Crippen molar-refractivity contribution in [1.29, 1.82) is 0 Å². The van der Waals surface area contributed by atoms with Gasteiger partial charge in [0.25, 0.3) is 0 Å². The lowest BCUT2D eigenvalue weighted by atomic mass is 10.0. The Balaban J connectivity index is 2.42. The Morgan fingerprint density at radius 1 is 0.812 bits per heavy atom. The third kappa shape index (κ3) is 2.01. The summed E-state index contributed by atoms with van der Waals surface area (Å²) in [5, 5.41) is 0. The van der Waals surface area contributed by atoms with E-state index in [1.165, 1.54) is 6.07 Å². The highest BCUT2D eigenvalue weighted by atomic mass is 19.2. The molecule has 0 atom stereocenters. The Morgan fingerprint density at radius 2 is 1.44 bits per heavy atom. The molecular formula is C14H10F2. The van der Waals surface area contributed by atoms with Crippen LogP contribution in [-0.2, 0) is 0 Å². The molecule has 0 radical (unpaired) electrons. The monoisotopic (exact) mass is 216 g/mol. The Kier molecular flexibility index (Phi) is 2.82. The van der Waals surface area contributed by atoms with Crippen molar-refractivity contribution in [2.75, 3.05) is 0 Å². The summed E-state index contributed by atoms with van der Waals surface area (Å²) in [4.78, 5) is 0. The molecule has 0 nitrogen and oxygen atoms in total. The maximum Gasteiger partial charge on any atom is 0.159 e. The first-order chi connectivity index (χ1) is 7.70. The van der Waals surface area contributed by atoms with Crippen LogP contribution < -0.4 is 0 Å². The average molecular weight is 216 g/mol. The molecule has 16 heavy (non-hydrogen) atoms. The van der Waals surface area contributed by atoms with Gasteiger partial charge in [-0.3, -0.25) is 0 Å². The van der Waals surface area contributed by atoms with Crippen LogP contribution in [0.4, 0.5) is 8.78 Å². The summed E-state index contributed by atoms with van der Waals surface area (Å²) in [5.74, 6) is -1.66. The minimum absolute atomic E-state index is 0.662. The smallest absolute Gasteiger partial charge is 0.159 e. The second kappa shape index (κ2) is 4.27. The summed E-state index contributed by atoms with van der Waals surface area (Å²) in [6.45, 7) is 3.65. The summed E-state index contributed by atoms with van der Waals surface area (Å²) in [7, 11) is 0. The fourth-order valence-electron chi connectivity index (χ4n) is 1.49. The molecule has 0 saturated carbocycles. The van der Waals surface area contributed by atoms with E-state index in [9.17, 15) is 8.78 Å². The fourth-order valence-corrected chi connectivity index (χ4v) is 1.49.